The van der Waals surface area contributed by atoms with E-state index in [2.05, 4.69) is 61.8 Å². The minimum Gasteiger partial charge on any atom is -0.369 e. The number of hydrogen-bond acceptors (Lipinski definition) is 5. The summed E-state index contributed by atoms with van der Waals surface area (Å²) in [6.07, 6.45) is 3.34. The summed E-state index contributed by atoms with van der Waals surface area (Å²) in [5, 5.41) is 9.38. The van der Waals surface area contributed by atoms with Crippen molar-refractivity contribution < 1.29 is 9.59 Å². The first-order chi connectivity index (χ1) is 14.7. The Hall–Kier alpha value is -2.61. The maximum Gasteiger partial charge on any atom is 0.233 e. The van der Waals surface area contributed by atoms with Gasteiger partial charge in [-0.05, 0) is 23.8 Å². The summed E-state index contributed by atoms with van der Waals surface area (Å²) in [5.41, 5.74) is 7.73. The van der Waals surface area contributed by atoms with Crippen molar-refractivity contribution in [3.05, 3.63) is 42.5 Å². The minimum absolute atomic E-state index is 0.0137. The van der Waals surface area contributed by atoms with Crippen molar-refractivity contribution in [3.63, 3.8) is 0 Å². The number of nitrogens with two attached hydrogens (primary N) is 1. The fourth-order valence-electron chi connectivity index (χ4n) is 3.68. The highest BCUT2D eigenvalue weighted by molar-refractivity contribution is 7.99. The lowest BCUT2D eigenvalue weighted by Gasteiger charge is -2.31. The van der Waals surface area contributed by atoms with Crippen LogP contribution in [0, 0.1) is 5.92 Å². The fourth-order valence-corrected chi connectivity index (χ4v) is 4.53. The molecule has 0 saturated carbocycles. The van der Waals surface area contributed by atoms with E-state index in [1.165, 1.54) is 17.3 Å². The van der Waals surface area contributed by atoms with Gasteiger partial charge in [0.1, 0.15) is 0 Å². The Morgan fingerprint density at radius 1 is 1.26 bits per heavy atom. The number of nitrogens with zero attached hydrogens (tertiary/aromatic N) is 4. The van der Waals surface area contributed by atoms with Gasteiger partial charge >= 0.3 is 0 Å². The molecule has 1 unspecified atom stereocenters. The molecule has 8 heteroatoms. The molecule has 0 radical (unpaired) electrons. The van der Waals surface area contributed by atoms with E-state index in [4.69, 9.17) is 5.73 Å². The third-order valence-corrected chi connectivity index (χ3v) is 6.49. The van der Waals surface area contributed by atoms with Crippen molar-refractivity contribution in [2.24, 2.45) is 11.7 Å². The van der Waals surface area contributed by atoms with Gasteiger partial charge in [-0.2, -0.15) is 0 Å². The van der Waals surface area contributed by atoms with Crippen molar-refractivity contribution in [1.82, 2.24) is 19.7 Å². The van der Waals surface area contributed by atoms with Gasteiger partial charge in [0, 0.05) is 25.2 Å². The van der Waals surface area contributed by atoms with Crippen LogP contribution in [0.15, 0.2) is 42.1 Å². The largest absolute Gasteiger partial charge is 0.369 e. The molecule has 1 aromatic heterocycles. The van der Waals surface area contributed by atoms with Gasteiger partial charge < -0.3 is 10.6 Å². The number of carbonyl (C=O) groups is 2. The number of likely N-dealkylation sites (tertiary alicyclic amines) is 1. The van der Waals surface area contributed by atoms with Crippen LogP contribution < -0.4 is 5.73 Å². The molecule has 0 aliphatic carbocycles. The van der Waals surface area contributed by atoms with Gasteiger partial charge in [-0.1, -0.05) is 62.9 Å². The van der Waals surface area contributed by atoms with Gasteiger partial charge in [0.15, 0.2) is 11.0 Å². The number of carbonyl (C=O) groups excluding carboxylic acids is 2. The summed E-state index contributed by atoms with van der Waals surface area (Å²) in [5.74, 6) is 0.388. The second-order valence-electron chi connectivity index (χ2n) is 8.90. The predicted molar refractivity (Wildman–Crippen MR) is 124 cm³/mol. The zero-order chi connectivity index (χ0) is 22.6. The van der Waals surface area contributed by atoms with Crippen LogP contribution in [-0.4, -0.2) is 50.3 Å². The van der Waals surface area contributed by atoms with Crippen LogP contribution in [0.2, 0.25) is 0 Å². The first-order valence-electron chi connectivity index (χ1n) is 10.6. The maximum atomic E-state index is 12.7. The van der Waals surface area contributed by atoms with Crippen LogP contribution in [0.3, 0.4) is 0 Å². The molecule has 2 amide bonds. The lowest BCUT2D eigenvalue weighted by Crippen LogP contribution is -2.44. The van der Waals surface area contributed by atoms with E-state index in [9.17, 15) is 9.59 Å². The number of primary amides is 1. The van der Waals surface area contributed by atoms with E-state index < -0.39 is 0 Å². The Balaban J connectivity index is 1.72. The molecule has 0 bridgehead atoms. The molecule has 0 spiro atoms. The van der Waals surface area contributed by atoms with Gasteiger partial charge in [0.05, 0.1) is 11.7 Å². The van der Waals surface area contributed by atoms with Crippen molar-refractivity contribution in [3.8, 4) is 11.4 Å². The Bertz CT molecular complexity index is 946. The van der Waals surface area contributed by atoms with Crippen molar-refractivity contribution >= 4 is 23.6 Å². The highest BCUT2D eigenvalue weighted by Crippen LogP contribution is 2.28. The zero-order valence-electron chi connectivity index (χ0n) is 18.5. The van der Waals surface area contributed by atoms with Gasteiger partial charge in [0.2, 0.25) is 11.8 Å². The molecule has 2 heterocycles. The van der Waals surface area contributed by atoms with Crippen LogP contribution in [0.25, 0.3) is 11.4 Å². The van der Waals surface area contributed by atoms with E-state index in [0.717, 1.165) is 24.2 Å². The Kier molecular flexibility index (Phi) is 7.20. The summed E-state index contributed by atoms with van der Waals surface area (Å²) in [4.78, 5) is 25.9. The van der Waals surface area contributed by atoms with Crippen LogP contribution in [0.4, 0.5) is 0 Å². The first kappa shape index (κ1) is 23.1. The summed E-state index contributed by atoms with van der Waals surface area (Å²) in [6.45, 7) is 12.0. The monoisotopic (exact) mass is 441 g/mol. The number of rotatable bonds is 7. The third kappa shape index (κ3) is 5.55. The summed E-state index contributed by atoms with van der Waals surface area (Å²) in [7, 11) is 0. The van der Waals surface area contributed by atoms with Gasteiger partial charge in [-0.3, -0.25) is 14.2 Å². The number of thioether (sulfide) groups is 1. The second kappa shape index (κ2) is 9.68. The Morgan fingerprint density at radius 2 is 1.97 bits per heavy atom. The average Bonchev–Trinajstić information content (AvgIpc) is 3.14. The SMILES string of the molecule is C=CCn1c(SCC(=O)N2CCCC(C(N)=O)C2)nnc1-c1ccc(C(C)(C)C)cc1. The molecular formula is C23H31N5O2S. The highest BCUT2D eigenvalue weighted by Gasteiger charge is 2.27. The summed E-state index contributed by atoms with van der Waals surface area (Å²) >= 11 is 1.36. The summed E-state index contributed by atoms with van der Waals surface area (Å²) in [6, 6.07) is 8.34. The Morgan fingerprint density at radius 3 is 2.58 bits per heavy atom. The van der Waals surface area contributed by atoms with E-state index in [0.29, 0.717) is 24.8 Å². The molecule has 3 rings (SSSR count). The molecule has 1 saturated heterocycles. The molecule has 1 fully saturated rings. The molecule has 1 aromatic carbocycles. The van der Waals surface area contributed by atoms with Crippen LogP contribution in [0.5, 0.6) is 0 Å². The second-order valence-corrected chi connectivity index (χ2v) is 9.85. The molecular weight excluding hydrogens is 410 g/mol. The molecule has 1 aliphatic heterocycles. The fraction of sp³-hybridized carbons (Fsp3) is 0.478. The van der Waals surface area contributed by atoms with Crippen LogP contribution >= 0.6 is 11.8 Å². The van der Waals surface area contributed by atoms with E-state index in [1.807, 2.05) is 4.57 Å². The minimum atomic E-state index is -0.335. The molecule has 7 nitrogen and oxygen atoms in total. The molecule has 166 valence electrons. The topological polar surface area (TPSA) is 94.1 Å². The molecule has 2 aromatic rings. The smallest absolute Gasteiger partial charge is 0.233 e. The quantitative estimate of drug-likeness (QED) is 0.526. The standard InChI is InChI=1S/C23H31N5O2S/c1-5-12-28-21(16-8-10-18(11-9-16)23(2,3)4)25-26-22(28)31-15-19(29)27-13-6-7-17(14-27)20(24)30/h5,8-11,17H,1,6-7,12-15H2,2-4H3,(H2,24,30). The highest BCUT2D eigenvalue weighted by atomic mass is 32.2. The number of allylic oxidation sites excluding steroid dienone is 1. The summed E-state index contributed by atoms with van der Waals surface area (Å²) < 4.78 is 1.97. The number of benzene rings is 1. The van der Waals surface area contributed by atoms with E-state index in [1.54, 1.807) is 11.0 Å². The van der Waals surface area contributed by atoms with E-state index >= 15 is 0 Å². The normalized spacial score (nSPS) is 16.9. The number of aromatic nitrogens is 3. The van der Waals surface area contributed by atoms with Gasteiger partial charge in [-0.15, -0.1) is 16.8 Å². The van der Waals surface area contributed by atoms with Gasteiger partial charge in [-0.25, -0.2) is 0 Å². The molecule has 31 heavy (non-hydrogen) atoms. The van der Waals surface area contributed by atoms with Crippen LogP contribution in [0.1, 0.15) is 39.2 Å². The number of hydrogen-bond donors (Lipinski definition) is 1. The molecule has 1 aliphatic rings. The molecule has 2 N–H and O–H groups in total. The number of piperidine rings is 1. The Labute approximate surface area is 188 Å². The number of amides is 2. The van der Waals surface area contributed by atoms with Crippen molar-refractivity contribution in [2.45, 2.75) is 50.7 Å². The van der Waals surface area contributed by atoms with Crippen molar-refractivity contribution in [1.29, 1.82) is 0 Å². The average molecular weight is 442 g/mol. The van der Waals surface area contributed by atoms with Crippen molar-refractivity contribution in [2.75, 3.05) is 18.8 Å². The van der Waals surface area contributed by atoms with E-state index in [-0.39, 0.29) is 28.9 Å². The third-order valence-electron chi connectivity index (χ3n) is 5.54. The lowest BCUT2D eigenvalue weighted by molar-refractivity contribution is -0.132. The molecule has 1 atom stereocenters. The lowest BCUT2D eigenvalue weighted by atomic mass is 9.87. The maximum absolute atomic E-state index is 12.7. The first-order valence-corrected chi connectivity index (χ1v) is 11.5. The predicted octanol–water partition coefficient (Wildman–Crippen LogP) is 3.24. The zero-order valence-corrected chi connectivity index (χ0v) is 19.3. The van der Waals surface area contributed by atoms with Gasteiger partial charge in [0.25, 0.3) is 0 Å². The van der Waals surface area contributed by atoms with Crippen LogP contribution in [-0.2, 0) is 21.5 Å².